The Hall–Kier alpha value is -1.39. The molecule has 2 aromatic rings. The van der Waals surface area contributed by atoms with E-state index >= 15 is 0 Å². The van der Waals surface area contributed by atoms with Gasteiger partial charge in [0.2, 0.25) is 0 Å². The van der Waals surface area contributed by atoms with E-state index in [0.717, 1.165) is 31.2 Å². The van der Waals surface area contributed by atoms with Crippen LogP contribution in [0.1, 0.15) is 23.3 Å². The van der Waals surface area contributed by atoms with Crippen molar-refractivity contribution in [2.45, 2.75) is 31.7 Å². The van der Waals surface area contributed by atoms with Crippen molar-refractivity contribution >= 4 is 11.3 Å². The van der Waals surface area contributed by atoms with Crippen LogP contribution < -0.4 is 10.1 Å². The van der Waals surface area contributed by atoms with Gasteiger partial charge in [-0.05, 0) is 61.9 Å². The Bertz CT molecular complexity index is 542. The van der Waals surface area contributed by atoms with Crippen molar-refractivity contribution in [3.05, 3.63) is 52.0 Å². The maximum Gasteiger partial charge on any atom is 0.165 e. The number of thiophene rings is 1. The second-order valence-electron chi connectivity index (χ2n) is 5.13. The molecule has 1 aromatic carbocycles. The van der Waals surface area contributed by atoms with E-state index in [4.69, 9.17) is 4.74 Å². The quantitative estimate of drug-likeness (QED) is 0.794. The van der Waals surface area contributed by atoms with Crippen LogP contribution >= 0.6 is 11.3 Å². The number of rotatable bonds is 8. The van der Waals surface area contributed by atoms with Crippen molar-refractivity contribution in [1.82, 2.24) is 5.32 Å². The van der Waals surface area contributed by atoms with Crippen molar-refractivity contribution in [2.24, 2.45) is 0 Å². The van der Waals surface area contributed by atoms with Crippen LogP contribution in [0, 0.1) is 5.82 Å². The van der Waals surface area contributed by atoms with Gasteiger partial charge in [-0.3, -0.25) is 0 Å². The number of likely N-dealkylation sites (N-methyl/N-ethyl adjacent to an activating group) is 1. The van der Waals surface area contributed by atoms with E-state index in [-0.39, 0.29) is 5.82 Å². The van der Waals surface area contributed by atoms with Crippen LogP contribution in [-0.4, -0.2) is 20.2 Å². The summed E-state index contributed by atoms with van der Waals surface area (Å²) < 4.78 is 18.6. The van der Waals surface area contributed by atoms with Crippen molar-refractivity contribution in [3.63, 3.8) is 0 Å². The van der Waals surface area contributed by atoms with Crippen molar-refractivity contribution in [3.8, 4) is 5.75 Å². The normalized spacial score (nSPS) is 12.3. The molecule has 1 heterocycles. The Morgan fingerprint density at radius 2 is 2.19 bits per heavy atom. The van der Waals surface area contributed by atoms with E-state index in [1.54, 1.807) is 12.1 Å². The second-order valence-corrected chi connectivity index (χ2v) is 6.16. The van der Waals surface area contributed by atoms with Crippen LogP contribution in [-0.2, 0) is 12.8 Å². The average Bonchev–Trinajstić information content (AvgIpc) is 2.99. The molecule has 0 aliphatic carbocycles. The van der Waals surface area contributed by atoms with Crippen LogP contribution in [0.15, 0.2) is 35.7 Å². The van der Waals surface area contributed by atoms with Gasteiger partial charge in [-0.15, -0.1) is 11.3 Å². The summed E-state index contributed by atoms with van der Waals surface area (Å²) in [5, 5.41) is 5.44. The standard InChI is InChI=1S/C17H22FNOS/c1-19-14(5-3-6-15-7-4-10-21-15)11-13-8-9-17(20-2)16(18)12-13/h4,7-10,12,14,19H,3,5-6,11H2,1-2H3. The van der Waals surface area contributed by atoms with E-state index in [1.165, 1.54) is 12.0 Å². The molecule has 21 heavy (non-hydrogen) atoms. The summed E-state index contributed by atoms with van der Waals surface area (Å²) in [6, 6.07) is 9.85. The molecule has 1 unspecified atom stereocenters. The number of aryl methyl sites for hydroxylation is 1. The van der Waals surface area contributed by atoms with Crippen LogP contribution in [0.4, 0.5) is 4.39 Å². The molecule has 1 N–H and O–H groups in total. The van der Waals surface area contributed by atoms with Crippen LogP contribution in [0.5, 0.6) is 5.75 Å². The molecule has 0 aliphatic heterocycles. The number of halogens is 1. The van der Waals surface area contributed by atoms with E-state index in [9.17, 15) is 4.39 Å². The minimum Gasteiger partial charge on any atom is -0.494 e. The van der Waals surface area contributed by atoms with Crippen molar-refractivity contribution in [2.75, 3.05) is 14.2 Å². The molecule has 0 radical (unpaired) electrons. The van der Waals surface area contributed by atoms with Crippen LogP contribution in [0.2, 0.25) is 0 Å². The summed E-state index contributed by atoms with van der Waals surface area (Å²) in [6.07, 6.45) is 4.18. The van der Waals surface area contributed by atoms with Gasteiger partial charge in [0.25, 0.3) is 0 Å². The largest absolute Gasteiger partial charge is 0.494 e. The minimum absolute atomic E-state index is 0.288. The van der Waals surface area contributed by atoms with Crippen LogP contribution in [0.3, 0.4) is 0 Å². The first-order valence-electron chi connectivity index (χ1n) is 7.25. The first-order chi connectivity index (χ1) is 10.2. The molecule has 0 fully saturated rings. The summed E-state index contributed by atoms with van der Waals surface area (Å²) in [6.45, 7) is 0. The number of nitrogens with one attached hydrogen (secondary N) is 1. The van der Waals surface area contributed by atoms with Gasteiger partial charge >= 0.3 is 0 Å². The van der Waals surface area contributed by atoms with Gasteiger partial charge in [0.05, 0.1) is 7.11 Å². The molecule has 0 saturated carbocycles. The fourth-order valence-corrected chi connectivity index (χ4v) is 3.20. The predicted molar refractivity (Wildman–Crippen MR) is 86.8 cm³/mol. The topological polar surface area (TPSA) is 21.3 Å². The predicted octanol–water partition coefficient (Wildman–Crippen LogP) is 4.05. The number of benzene rings is 1. The lowest BCUT2D eigenvalue weighted by Crippen LogP contribution is -2.27. The first-order valence-corrected chi connectivity index (χ1v) is 8.13. The highest BCUT2D eigenvalue weighted by atomic mass is 32.1. The molecule has 0 spiro atoms. The molecule has 114 valence electrons. The Morgan fingerprint density at radius 3 is 2.81 bits per heavy atom. The Balaban J connectivity index is 1.85. The Morgan fingerprint density at radius 1 is 1.33 bits per heavy atom. The molecule has 1 atom stereocenters. The maximum atomic E-state index is 13.7. The van der Waals surface area contributed by atoms with E-state index in [2.05, 4.69) is 22.8 Å². The molecule has 0 aliphatic rings. The molecule has 2 nitrogen and oxygen atoms in total. The summed E-state index contributed by atoms with van der Waals surface area (Å²) in [5.41, 5.74) is 1.00. The summed E-state index contributed by atoms with van der Waals surface area (Å²) >= 11 is 1.81. The van der Waals surface area contributed by atoms with Gasteiger partial charge in [0.15, 0.2) is 11.6 Å². The summed E-state index contributed by atoms with van der Waals surface area (Å²) in [7, 11) is 3.45. The zero-order valence-electron chi connectivity index (χ0n) is 12.6. The molecule has 4 heteroatoms. The molecular weight excluding hydrogens is 285 g/mol. The highest BCUT2D eigenvalue weighted by molar-refractivity contribution is 7.09. The lowest BCUT2D eigenvalue weighted by atomic mass is 10.0. The number of methoxy groups -OCH3 is 1. The lowest BCUT2D eigenvalue weighted by molar-refractivity contribution is 0.385. The zero-order valence-corrected chi connectivity index (χ0v) is 13.4. The van der Waals surface area contributed by atoms with Gasteiger partial charge in [-0.25, -0.2) is 4.39 Å². The Kier molecular flexibility index (Phi) is 6.21. The third kappa shape index (κ3) is 4.83. The number of hydrogen-bond donors (Lipinski definition) is 1. The monoisotopic (exact) mass is 307 g/mol. The fraction of sp³-hybridized carbons (Fsp3) is 0.412. The second kappa shape index (κ2) is 8.15. The van der Waals surface area contributed by atoms with Crippen LogP contribution in [0.25, 0.3) is 0 Å². The number of ether oxygens (including phenoxy) is 1. The van der Waals surface area contributed by atoms with Gasteiger partial charge in [-0.1, -0.05) is 12.1 Å². The maximum absolute atomic E-state index is 13.7. The molecule has 2 rings (SSSR count). The molecule has 0 amide bonds. The molecule has 1 aromatic heterocycles. The minimum atomic E-state index is -0.288. The Labute approximate surface area is 130 Å². The smallest absolute Gasteiger partial charge is 0.165 e. The lowest BCUT2D eigenvalue weighted by Gasteiger charge is -2.16. The van der Waals surface area contributed by atoms with Gasteiger partial charge in [0.1, 0.15) is 0 Å². The molecule has 0 bridgehead atoms. The molecular formula is C17H22FNOS. The third-order valence-electron chi connectivity index (χ3n) is 3.66. The number of hydrogen-bond acceptors (Lipinski definition) is 3. The average molecular weight is 307 g/mol. The SMILES string of the molecule is CNC(CCCc1cccs1)Cc1ccc(OC)c(F)c1. The zero-order chi connectivity index (χ0) is 15.1. The van der Waals surface area contributed by atoms with E-state index < -0.39 is 0 Å². The van der Waals surface area contributed by atoms with Gasteiger partial charge in [-0.2, -0.15) is 0 Å². The summed E-state index contributed by atoms with van der Waals surface area (Å²) in [4.78, 5) is 1.43. The first kappa shape index (κ1) is 16.0. The fourth-order valence-electron chi connectivity index (χ4n) is 2.45. The van der Waals surface area contributed by atoms with E-state index in [1.807, 2.05) is 24.5 Å². The van der Waals surface area contributed by atoms with E-state index in [0.29, 0.717) is 11.8 Å². The van der Waals surface area contributed by atoms with Crippen molar-refractivity contribution in [1.29, 1.82) is 0 Å². The highest BCUT2D eigenvalue weighted by Crippen LogP contribution is 2.20. The molecule has 0 saturated heterocycles. The summed E-state index contributed by atoms with van der Waals surface area (Å²) in [5.74, 6) is 0.0147. The van der Waals surface area contributed by atoms with Gasteiger partial charge < -0.3 is 10.1 Å². The van der Waals surface area contributed by atoms with Gasteiger partial charge in [0, 0.05) is 10.9 Å². The highest BCUT2D eigenvalue weighted by Gasteiger charge is 2.10. The third-order valence-corrected chi connectivity index (χ3v) is 4.60. The van der Waals surface area contributed by atoms with Crippen molar-refractivity contribution < 1.29 is 9.13 Å².